The van der Waals surface area contributed by atoms with E-state index in [1.165, 1.54) is 150 Å². The molecule has 20 aliphatic rings. The highest BCUT2D eigenvalue weighted by Gasteiger charge is 2.64. The molecule has 0 bridgehead atoms. The number of halogens is 1. The normalized spacial score (nSPS) is 48.9. The highest BCUT2D eigenvalue weighted by atomic mass is 127. The summed E-state index contributed by atoms with van der Waals surface area (Å²) >= 11 is 2.60. The molecule has 0 saturated heterocycles. The van der Waals surface area contributed by atoms with Gasteiger partial charge in [0.05, 0.1) is 42.4 Å². The molecule has 0 amide bonds. The highest BCUT2D eigenvalue weighted by molar-refractivity contribution is 14.1. The standard InChI is InChI=1S/2C23H30N2O.C19H27IO.C19H30N2O.C19H28O2/c1-22-9-7-17(26)11-16(22)3-4-18-20-6-5-19(15-12-24-14-25-13-15)23(20,2)10-8-21(18)22;1-22-9-7-16(26)13-15(22)3-4-17-18-5-6-20(21-14-24-11-12-25-21)23(18,2)10-8-19(17)22;1-18-9-7-13(21)11-12(18)3-4-14-15-5-6-17(20)19(15,2)10-8-16(14)18;1-18-9-7-13(22)11-12(18)3-4-14-15-5-6-17(21-20)19(15,2)10-8-16(14)18;1-18-9-7-13(20)11-12(18)3-4-14-15-5-6-17(21)19(15,2)10-8-16(14)18/h3,5,12-14,17-18,20-21,26H,4,6-11H2,1-2H3;3,6,11-12,14,16-19,26H,4-5,7-10,13H2,1-2H3;3,6,13-16,21H,4-5,7-11H2,1-2H3;3,13-16,22H,4-11,20H2,1-2H3;3,13-16,20H,4-11H2,1-2H3/b;;;21-17+;/t17-,18?,20?,21?,22-,23+;16-,17?,18?,19?,22-,23-;3*13-,14?,15?,16?,18-,19-/m00000/s1. The molecule has 2 heterocycles. The second-order valence-corrected chi connectivity index (χ2v) is 46.0. The zero-order valence-electron chi connectivity index (χ0n) is 72.6. The fourth-order valence-corrected chi connectivity index (χ4v) is 34.3. The molecular weight excluding hydrogens is 1540 g/mol. The first kappa shape index (κ1) is 82.7. The molecule has 0 aromatic carbocycles. The first-order chi connectivity index (χ1) is 55.4. The molecule has 0 spiro atoms. The molecule has 0 aliphatic heterocycles. The summed E-state index contributed by atoms with van der Waals surface area (Å²) in [5.74, 6) is 17.8. The number of carbonyl (C=O) groups is 1. The lowest BCUT2D eigenvalue weighted by atomic mass is 9.47. The van der Waals surface area contributed by atoms with Crippen LogP contribution in [0.25, 0.3) is 11.1 Å². The quantitative estimate of drug-likeness (QED) is 0.0721. The van der Waals surface area contributed by atoms with Crippen LogP contribution in [-0.4, -0.2) is 87.5 Å². The average Bonchev–Trinajstić information content (AvgIpc) is 1.44. The van der Waals surface area contributed by atoms with Gasteiger partial charge in [-0.25, -0.2) is 9.97 Å². The summed E-state index contributed by atoms with van der Waals surface area (Å²) in [7, 11) is 0. The summed E-state index contributed by atoms with van der Waals surface area (Å²) in [6, 6.07) is 0. The maximum Gasteiger partial charge on any atom is 0.139 e. The minimum Gasteiger partial charge on any atom is -0.393 e. The Kier molecular flexibility index (Phi) is 22.0. The van der Waals surface area contributed by atoms with Crippen molar-refractivity contribution in [2.45, 2.75) is 337 Å². The van der Waals surface area contributed by atoms with Crippen molar-refractivity contribution in [3.8, 4) is 0 Å². The average molecular weight is 1690 g/mol. The molecule has 116 heavy (non-hydrogen) atoms. The highest BCUT2D eigenvalue weighted by Crippen LogP contribution is 2.72. The zero-order chi connectivity index (χ0) is 81.1. The third-order valence-corrected chi connectivity index (χ3v) is 42.0. The van der Waals surface area contributed by atoms with Crippen molar-refractivity contribution in [2.75, 3.05) is 0 Å². The Hall–Kier alpha value is -4.25. The van der Waals surface area contributed by atoms with Crippen LogP contribution in [0.4, 0.5) is 0 Å². The Labute approximate surface area is 710 Å². The fraction of sp³-hybridized carbons (Fsp3) is 0.748. The Morgan fingerprint density at radius 3 is 1.08 bits per heavy atom. The van der Waals surface area contributed by atoms with E-state index in [1.807, 2.05) is 24.8 Å². The van der Waals surface area contributed by atoms with Crippen LogP contribution in [-0.2, 0) is 4.79 Å². The maximum atomic E-state index is 12.4. The molecule has 2 aromatic heterocycles. The van der Waals surface area contributed by atoms with E-state index >= 15 is 0 Å². The number of hydrazone groups is 1. The second-order valence-electron chi connectivity index (χ2n) is 44.8. The van der Waals surface area contributed by atoms with Gasteiger partial charge in [0.2, 0.25) is 0 Å². The summed E-state index contributed by atoms with van der Waals surface area (Å²) < 4.78 is 1.63. The lowest BCUT2D eigenvalue weighted by Gasteiger charge is -2.57. The summed E-state index contributed by atoms with van der Waals surface area (Å²) in [6.07, 6.45) is 72.6. The van der Waals surface area contributed by atoms with Gasteiger partial charge >= 0.3 is 0 Å². The molecule has 12 saturated carbocycles. The van der Waals surface area contributed by atoms with Crippen molar-refractivity contribution in [2.24, 2.45) is 154 Å². The smallest absolute Gasteiger partial charge is 0.139 e. The number of Topliss-reactive ketones (excluding diaryl/α,β-unsaturated/α-hetero) is 1. The largest absolute Gasteiger partial charge is 0.393 e. The number of hydrogen-bond donors (Lipinski definition) is 6. The summed E-state index contributed by atoms with van der Waals surface area (Å²) in [4.78, 5) is 29.8. The van der Waals surface area contributed by atoms with Crippen molar-refractivity contribution >= 4 is 45.2 Å². The number of ketones is 1. The Morgan fingerprint density at radius 1 is 0.345 bits per heavy atom. The first-order valence-electron chi connectivity index (χ1n) is 47.4. The number of nitrogens with zero attached hydrogens (tertiary/aromatic N) is 5. The molecule has 12 nitrogen and oxygen atoms in total. The van der Waals surface area contributed by atoms with E-state index in [9.17, 15) is 30.3 Å². The molecule has 30 atom stereocenters. The number of carbonyl (C=O) groups excluding carboxylic acids is 1. The fourth-order valence-electron chi connectivity index (χ4n) is 33.4. The van der Waals surface area contributed by atoms with Gasteiger partial charge in [-0.3, -0.25) is 14.8 Å². The van der Waals surface area contributed by atoms with E-state index in [1.54, 1.807) is 38.4 Å². The Bertz CT molecular complexity index is 4230. The van der Waals surface area contributed by atoms with Crippen LogP contribution in [0.2, 0.25) is 0 Å². The minimum absolute atomic E-state index is 0.0168. The lowest BCUT2D eigenvalue weighted by molar-refractivity contribution is -0.132. The van der Waals surface area contributed by atoms with E-state index in [-0.39, 0.29) is 52.2 Å². The number of aromatic nitrogens is 4. The van der Waals surface area contributed by atoms with Crippen LogP contribution in [0.15, 0.2) is 122 Å². The number of rotatable bonds is 2. The molecule has 15 unspecified atom stereocenters. The predicted octanol–water partition coefficient (Wildman–Crippen LogP) is 22.3. The third kappa shape index (κ3) is 13.4. The number of nitrogens with two attached hydrogens (primary N) is 1. The topological polar surface area (TPSA) is 208 Å². The molecule has 12 fully saturated rings. The predicted molar refractivity (Wildman–Crippen MR) is 473 cm³/mol. The van der Waals surface area contributed by atoms with Gasteiger partial charge in [-0.15, -0.1) is 0 Å². The number of fused-ring (bicyclic) bond motifs is 25. The Morgan fingerprint density at radius 2 is 0.672 bits per heavy atom. The summed E-state index contributed by atoms with van der Waals surface area (Å²) in [5, 5.41) is 54.5. The number of hydrogen-bond acceptors (Lipinski definition) is 12. The van der Waals surface area contributed by atoms with Crippen LogP contribution in [0.3, 0.4) is 0 Å². The monoisotopic (exact) mass is 1690 g/mol. The van der Waals surface area contributed by atoms with Crippen LogP contribution in [0.5, 0.6) is 0 Å². The molecule has 22 rings (SSSR count). The van der Waals surface area contributed by atoms with Gasteiger partial charge in [-0.05, 0) is 395 Å². The van der Waals surface area contributed by atoms with Gasteiger partial charge in [0.25, 0.3) is 0 Å². The molecule has 630 valence electrons. The van der Waals surface area contributed by atoms with Gasteiger partial charge < -0.3 is 31.4 Å². The maximum absolute atomic E-state index is 12.4. The van der Waals surface area contributed by atoms with Gasteiger partial charge in [0, 0.05) is 58.7 Å². The van der Waals surface area contributed by atoms with Gasteiger partial charge in [0.15, 0.2) is 0 Å². The van der Waals surface area contributed by atoms with Gasteiger partial charge in [-0.1, -0.05) is 146 Å². The zero-order valence-corrected chi connectivity index (χ0v) is 74.8. The van der Waals surface area contributed by atoms with E-state index < -0.39 is 0 Å². The van der Waals surface area contributed by atoms with Crippen molar-refractivity contribution < 1.29 is 30.3 Å². The van der Waals surface area contributed by atoms with Gasteiger partial charge in [-0.2, -0.15) is 5.10 Å². The van der Waals surface area contributed by atoms with Crippen molar-refractivity contribution in [3.63, 3.8) is 0 Å². The molecule has 20 aliphatic carbocycles. The van der Waals surface area contributed by atoms with Gasteiger partial charge in [0.1, 0.15) is 12.1 Å². The number of aliphatic hydroxyl groups is 5. The third-order valence-electron chi connectivity index (χ3n) is 40.4. The lowest BCUT2D eigenvalue weighted by Crippen LogP contribution is -2.50. The summed E-state index contributed by atoms with van der Waals surface area (Å²) in [5.41, 5.74) is 17.2. The SMILES string of the molecule is C[C@]12CC[C@H](O)CC1=CCC1C2CC[C@]2(C)/C(=N/N)CCC12.C[C@]12CC[C@H](O)CC1=CCC1C2CC[C@]2(C)C(=O)CCC12.C[C@]12CC[C@H](O)CC1=CCC1C2CC[C@]2(C)C(I)=CCC12.C[C@]12CC[C@H](O)CC1=CCC1C2CC[C@]2(C)C(c3cnccn3)=CCC12.C[C@]12CC[C@H](O)CC1=CCC1C2CC[C@]2(C)C(c3cncnc3)=CCC12. The molecule has 2 aromatic rings. The van der Waals surface area contributed by atoms with E-state index in [0.717, 1.165) is 198 Å². The van der Waals surface area contributed by atoms with Crippen molar-refractivity contribution in [1.29, 1.82) is 0 Å². The van der Waals surface area contributed by atoms with Crippen LogP contribution in [0.1, 0.15) is 318 Å². The van der Waals surface area contributed by atoms with E-state index in [2.05, 4.69) is 165 Å². The van der Waals surface area contributed by atoms with Crippen LogP contribution in [0, 0.1) is 143 Å². The van der Waals surface area contributed by atoms with Crippen molar-refractivity contribution in [1.82, 2.24) is 19.9 Å². The number of allylic oxidation sites excluding steroid dienone is 11. The van der Waals surface area contributed by atoms with Crippen LogP contribution >= 0.6 is 22.6 Å². The molecule has 0 radical (unpaired) electrons. The van der Waals surface area contributed by atoms with Crippen LogP contribution < -0.4 is 5.84 Å². The first-order valence-corrected chi connectivity index (χ1v) is 48.5. The van der Waals surface area contributed by atoms with Crippen molar-refractivity contribution in [3.05, 3.63) is 129 Å². The van der Waals surface area contributed by atoms with E-state index in [4.69, 9.17) is 5.84 Å². The Balaban J connectivity index is 0.000000101. The van der Waals surface area contributed by atoms with E-state index in [0.29, 0.717) is 50.1 Å². The number of aliphatic hydroxyl groups excluding tert-OH is 5. The molecular formula is C103H145IN6O6. The minimum atomic E-state index is -0.122. The second kappa shape index (κ2) is 30.9. The molecule has 7 N–H and O–H groups in total. The summed E-state index contributed by atoms with van der Waals surface area (Å²) in [6.45, 7) is 24.6. The molecule has 13 heteroatoms.